The normalized spacial score (nSPS) is 19.5. The van der Waals surface area contributed by atoms with E-state index in [1.165, 1.54) is 0 Å². The van der Waals surface area contributed by atoms with Crippen molar-refractivity contribution in [1.29, 1.82) is 0 Å². The molecule has 0 saturated carbocycles. The molecule has 0 aliphatic heterocycles. The Morgan fingerprint density at radius 3 is 1.06 bits per heavy atom. The van der Waals surface area contributed by atoms with Crippen LogP contribution in [0.5, 0.6) is 0 Å². The summed E-state index contributed by atoms with van der Waals surface area (Å²) in [4.78, 5) is 24.5. The second-order valence-corrected chi connectivity index (χ2v) is 11.0. The molecule has 1 aliphatic carbocycles. The molecule has 318 valence electrons. The van der Waals surface area contributed by atoms with E-state index in [1.54, 1.807) is 0 Å². The van der Waals surface area contributed by atoms with Gasteiger partial charge in [-0.2, -0.15) is 114 Å². The van der Waals surface area contributed by atoms with E-state index < -0.39 is 128 Å². The Labute approximate surface area is 280 Å². The summed E-state index contributed by atoms with van der Waals surface area (Å²) in [7, 11) is 0. The molecule has 0 saturated heterocycles. The fourth-order valence-corrected chi connectivity index (χ4v) is 4.02. The second kappa shape index (κ2) is 14.4. The van der Waals surface area contributed by atoms with Crippen molar-refractivity contribution in [3.05, 3.63) is 12.2 Å². The van der Waals surface area contributed by atoms with Crippen LogP contribution in [-0.2, 0) is 19.1 Å². The van der Waals surface area contributed by atoms with Crippen molar-refractivity contribution in [1.82, 2.24) is 0 Å². The van der Waals surface area contributed by atoms with Crippen LogP contribution in [0.25, 0.3) is 0 Å². The first-order chi connectivity index (χ1) is 23.5. The summed E-state index contributed by atoms with van der Waals surface area (Å²) in [5.41, 5.74) is 0. The molecule has 0 aromatic rings. The van der Waals surface area contributed by atoms with E-state index in [9.17, 15) is 124 Å². The SMILES string of the molecule is O=C(OCCC(F)(F)C(F)(F)C(F)(F)C(F)(F)C(F)(F)C(F)(F)F)C1C=CCCC1C(=O)OCCC(F)(F)C(F)(F)C(F)(F)C(F)(F)C(F)(F)C(F)(F)F. The van der Waals surface area contributed by atoms with Gasteiger partial charge in [-0.15, -0.1) is 0 Å². The quantitative estimate of drug-likeness (QED) is 0.0882. The van der Waals surface area contributed by atoms with Crippen LogP contribution in [0.15, 0.2) is 12.2 Å². The Bertz CT molecular complexity index is 1380. The van der Waals surface area contributed by atoms with Crippen LogP contribution < -0.4 is 0 Å². The smallest absolute Gasteiger partial charge is 0.460 e. The summed E-state index contributed by atoms with van der Waals surface area (Å²) in [5, 5.41) is 0. The number of allylic oxidation sites excluding steroid dienone is 1. The standard InChI is InChI=1S/C24H16F26O4/c25-13(26,15(29,30)17(33,34)19(37,38)21(41,42)23(45,46)47)5-7-53-11(51)9-3-1-2-4-10(9)12(52)54-8-6-14(27,28)16(31,32)18(35,36)20(39,40)22(43,44)24(48,49)50/h1,3,9-10H,2,4-8H2. The number of rotatable bonds is 16. The first kappa shape index (κ1) is 48.9. The summed E-state index contributed by atoms with van der Waals surface area (Å²) < 4.78 is 351. The predicted molar refractivity (Wildman–Crippen MR) is 118 cm³/mol. The van der Waals surface area contributed by atoms with E-state index in [4.69, 9.17) is 0 Å². The minimum absolute atomic E-state index is 0.372. The molecule has 0 heterocycles. The van der Waals surface area contributed by atoms with Gasteiger partial charge in [0.1, 0.15) is 0 Å². The zero-order valence-corrected chi connectivity index (χ0v) is 25.0. The molecule has 0 N–H and O–H groups in total. The number of carbonyl (C=O) groups is 2. The van der Waals surface area contributed by atoms with Gasteiger partial charge < -0.3 is 9.47 Å². The van der Waals surface area contributed by atoms with E-state index in [0.29, 0.717) is 6.08 Å². The van der Waals surface area contributed by atoms with E-state index >= 15 is 0 Å². The highest BCUT2D eigenvalue weighted by Crippen LogP contribution is 2.62. The third-order valence-corrected chi connectivity index (χ3v) is 7.31. The Kier molecular flexibility index (Phi) is 13.1. The van der Waals surface area contributed by atoms with Crippen LogP contribution in [0.1, 0.15) is 25.7 Å². The molecule has 0 fully saturated rings. The maximum atomic E-state index is 13.9. The topological polar surface area (TPSA) is 52.6 Å². The van der Waals surface area contributed by atoms with Crippen LogP contribution in [-0.4, -0.2) is 96.7 Å². The number of alkyl halides is 26. The van der Waals surface area contributed by atoms with Gasteiger partial charge in [0.05, 0.1) is 37.9 Å². The molecule has 0 bridgehead atoms. The lowest BCUT2D eigenvalue weighted by Crippen LogP contribution is -2.70. The van der Waals surface area contributed by atoms with Crippen molar-refractivity contribution in [2.24, 2.45) is 11.8 Å². The molecule has 1 aliphatic rings. The first-order valence-electron chi connectivity index (χ1n) is 13.4. The zero-order valence-electron chi connectivity index (χ0n) is 25.0. The van der Waals surface area contributed by atoms with Gasteiger partial charge in [-0.3, -0.25) is 9.59 Å². The number of hydrogen-bond acceptors (Lipinski definition) is 4. The number of hydrogen-bond donors (Lipinski definition) is 0. The van der Waals surface area contributed by atoms with E-state index in [2.05, 4.69) is 9.47 Å². The van der Waals surface area contributed by atoms with Gasteiger partial charge >= 0.3 is 83.5 Å². The fourth-order valence-electron chi connectivity index (χ4n) is 4.02. The lowest BCUT2D eigenvalue weighted by Gasteiger charge is -2.39. The molecule has 2 atom stereocenters. The Balaban J connectivity index is 3.08. The van der Waals surface area contributed by atoms with Crippen LogP contribution in [0.4, 0.5) is 114 Å². The van der Waals surface area contributed by atoms with Gasteiger partial charge in [-0.1, -0.05) is 12.2 Å². The molecule has 0 aromatic carbocycles. The third kappa shape index (κ3) is 7.79. The number of halogens is 26. The summed E-state index contributed by atoms with van der Waals surface area (Å²) >= 11 is 0. The molecule has 0 radical (unpaired) electrons. The lowest BCUT2D eigenvalue weighted by molar-refractivity contribution is -0.440. The minimum atomic E-state index is -8.25. The molecule has 0 amide bonds. The van der Waals surface area contributed by atoms with Crippen molar-refractivity contribution in [2.45, 2.75) is 97.3 Å². The highest BCUT2D eigenvalue weighted by molar-refractivity contribution is 5.84. The Morgan fingerprint density at radius 1 is 0.444 bits per heavy atom. The molecule has 1 rings (SSSR count). The molecule has 30 heteroatoms. The van der Waals surface area contributed by atoms with Gasteiger partial charge in [-0.25, -0.2) is 0 Å². The Hall–Kier alpha value is -3.14. The molecule has 2 unspecified atom stereocenters. The minimum Gasteiger partial charge on any atom is -0.465 e. The van der Waals surface area contributed by atoms with Crippen molar-refractivity contribution in [3.63, 3.8) is 0 Å². The fraction of sp³-hybridized carbons (Fsp3) is 0.833. The third-order valence-electron chi connectivity index (χ3n) is 7.31. The van der Waals surface area contributed by atoms with Crippen molar-refractivity contribution >= 4 is 11.9 Å². The number of esters is 2. The molecule has 54 heavy (non-hydrogen) atoms. The molecular formula is C24H16F26O4. The van der Waals surface area contributed by atoms with Crippen LogP contribution >= 0.6 is 0 Å². The lowest BCUT2D eigenvalue weighted by atomic mass is 9.84. The van der Waals surface area contributed by atoms with E-state index in [0.717, 1.165) is 6.08 Å². The summed E-state index contributed by atoms with van der Waals surface area (Å²) in [6.45, 7) is -4.66. The highest BCUT2D eigenvalue weighted by atomic mass is 19.4. The van der Waals surface area contributed by atoms with Crippen LogP contribution in [0.2, 0.25) is 0 Å². The maximum absolute atomic E-state index is 13.9. The second-order valence-electron chi connectivity index (χ2n) is 11.0. The summed E-state index contributed by atoms with van der Waals surface area (Å²) in [6, 6.07) is 0. The highest BCUT2D eigenvalue weighted by Gasteiger charge is 2.92. The number of ether oxygens (including phenoxy) is 2. The van der Waals surface area contributed by atoms with Crippen molar-refractivity contribution in [3.8, 4) is 0 Å². The summed E-state index contributed by atoms with van der Waals surface area (Å²) in [5.74, 6) is -86.6. The van der Waals surface area contributed by atoms with E-state index in [-0.39, 0.29) is 6.42 Å². The van der Waals surface area contributed by atoms with Gasteiger partial charge in [0.25, 0.3) is 0 Å². The van der Waals surface area contributed by atoms with Gasteiger partial charge in [-0.05, 0) is 12.8 Å². The van der Waals surface area contributed by atoms with Gasteiger partial charge in [0.15, 0.2) is 0 Å². The zero-order chi connectivity index (χ0) is 43.4. The van der Waals surface area contributed by atoms with Crippen molar-refractivity contribution < 1.29 is 133 Å². The van der Waals surface area contributed by atoms with E-state index in [1.807, 2.05) is 0 Å². The van der Waals surface area contributed by atoms with Crippen LogP contribution in [0, 0.1) is 11.8 Å². The maximum Gasteiger partial charge on any atom is 0.460 e. The number of carbonyl (C=O) groups excluding carboxylic acids is 2. The monoisotopic (exact) mass is 862 g/mol. The molecule has 4 nitrogen and oxygen atoms in total. The average Bonchev–Trinajstić information content (AvgIpc) is 2.98. The van der Waals surface area contributed by atoms with Crippen molar-refractivity contribution in [2.75, 3.05) is 13.2 Å². The van der Waals surface area contributed by atoms with Gasteiger partial charge in [0.2, 0.25) is 0 Å². The summed E-state index contributed by atoms with van der Waals surface area (Å²) in [6.07, 6.45) is -21.3. The molecule has 0 spiro atoms. The van der Waals surface area contributed by atoms with Gasteiger partial charge in [0, 0.05) is 0 Å². The average molecular weight is 862 g/mol. The molecule has 0 aromatic heterocycles. The first-order valence-corrected chi connectivity index (χ1v) is 13.4. The molecular weight excluding hydrogens is 846 g/mol. The predicted octanol–water partition coefficient (Wildman–Crippen LogP) is 9.91. The largest absolute Gasteiger partial charge is 0.465 e. The van der Waals surface area contributed by atoms with Crippen LogP contribution in [0.3, 0.4) is 0 Å². The Morgan fingerprint density at radius 2 is 0.741 bits per heavy atom.